The van der Waals surface area contributed by atoms with Crippen LogP contribution in [0.2, 0.25) is 0 Å². The highest BCUT2D eigenvalue weighted by molar-refractivity contribution is 5.89. The second-order valence-electron chi connectivity index (χ2n) is 7.28. The quantitative estimate of drug-likeness (QED) is 0.341. The molecule has 1 aromatic carbocycles. The van der Waals surface area contributed by atoms with Gasteiger partial charge < -0.3 is 5.11 Å². The van der Waals surface area contributed by atoms with Crippen molar-refractivity contribution in [3.8, 4) is 0 Å². The topological polar surface area (TPSA) is 37.3 Å². The first-order valence-electron chi connectivity index (χ1n) is 10.5. The van der Waals surface area contributed by atoms with Gasteiger partial charge in [-0.15, -0.1) is 0 Å². The number of benzene rings is 1. The first-order chi connectivity index (χ1) is 12.2. The molecule has 0 unspecified atom stereocenters. The number of unbranched alkanes of at least 4 members (excludes halogenated alkanes) is 10. The van der Waals surface area contributed by atoms with E-state index >= 15 is 0 Å². The summed E-state index contributed by atoms with van der Waals surface area (Å²) in [6, 6.07) is 5.84. The minimum absolute atomic E-state index is 0.525. The van der Waals surface area contributed by atoms with Crippen LogP contribution in [0, 0.1) is 0 Å². The van der Waals surface area contributed by atoms with E-state index in [1.807, 2.05) is 6.07 Å². The van der Waals surface area contributed by atoms with Crippen LogP contribution in [0.5, 0.6) is 0 Å². The molecule has 0 fully saturated rings. The Bertz CT molecular complexity index is 479. The fourth-order valence-corrected chi connectivity index (χ4v) is 3.54. The van der Waals surface area contributed by atoms with Crippen LogP contribution in [0.1, 0.15) is 112 Å². The van der Waals surface area contributed by atoms with Crippen LogP contribution in [0.3, 0.4) is 0 Å². The second kappa shape index (κ2) is 13.9. The number of aryl methyl sites for hydroxylation is 1. The Balaban J connectivity index is 2.54. The number of hydrogen-bond acceptors (Lipinski definition) is 1. The summed E-state index contributed by atoms with van der Waals surface area (Å²) in [5.74, 6) is -0.772. The molecule has 2 nitrogen and oxygen atoms in total. The van der Waals surface area contributed by atoms with Gasteiger partial charge in [0.25, 0.3) is 0 Å². The first-order valence-corrected chi connectivity index (χ1v) is 10.5. The predicted octanol–water partition coefficient (Wildman–Crippen LogP) is 7.19. The molecule has 0 aliphatic rings. The molecule has 0 bridgehead atoms. The van der Waals surface area contributed by atoms with Crippen LogP contribution >= 0.6 is 0 Å². The lowest BCUT2D eigenvalue weighted by Crippen LogP contribution is -2.06. The summed E-state index contributed by atoms with van der Waals surface area (Å²) in [5, 5.41) is 9.53. The van der Waals surface area contributed by atoms with E-state index in [4.69, 9.17) is 0 Å². The van der Waals surface area contributed by atoms with Gasteiger partial charge in [0.15, 0.2) is 0 Å². The standard InChI is InChI=1S/C23H38O2/c1-3-5-7-9-11-13-16-20-17-15-19-22(23(24)25)21(20)18-14-12-10-8-6-4-2/h15,17,19H,3-14,16,18H2,1-2H3,(H,24,25). The van der Waals surface area contributed by atoms with Crippen molar-refractivity contribution >= 4 is 5.97 Å². The van der Waals surface area contributed by atoms with Gasteiger partial charge >= 0.3 is 5.97 Å². The highest BCUT2D eigenvalue weighted by Crippen LogP contribution is 2.21. The Labute approximate surface area is 155 Å². The molecule has 0 aliphatic heterocycles. The van der Waals surface area contributed by atoms with Gasteiger partial charge in [-0.1, -0.05) is 90.2 Å². The van der Waals surface area contributed by atoms with Crippen molar-refractivity contribution in [1.29, 1.82) is 0 Å². The molecule has 1 N–H and O–H groups in total. The van der Waals surface area contributed by atoms with Gasteiger partial charge in [0.2, 0.25) is 0 Å². The van der Waals surface area contributed by atoms with E-state index in [0.717, 1.165) is 24.8 Å². The van der Waals surface area contributed by atoms with E-state index in [2.05, 4.69) is 19.9 Å². The Morgan fingerprint density at radius 1 is 0.760 bits per heavy atom. The largest absolute Gasteiger partial charge is 0.478 e. The number of carboxylic acids is 1. The van der Waals surface area contributed by atoms with Gasteiger partial charge in [0.1, 0.15) is 0 Å². The van der Waals surface area contributed by atoms with Crippen molar-refractivity contribution in [2.24, 2.45) is 0 Å². The zero-order valence-corrected chi connectivity index (χ0v) is 16.5. The molecule has 1 aromatic rings. The second-order valence-corrected chi connectivity index (χ2v) is 7.28. The molecule has 0 radical (unpaired) electrons. The molecule has 0 aliphatic carbocycles. The van der Waals surface area contributed by atoms with Crippen molar-refractivity contribution in [3.63, 3.8) is 0 Å². The van der Waals surface area contributed by atoms with Crippen molar-refractivity contribution in [2.45, 2.75) is 104 Å². The van der Waals surface area contributed by atoms with Gasteiger partial charge in [-0.2, -0.15) is 0 Å². The molecule has 0 heterocycles. The number of carbonyl (C=O) groups is 1. The van der Waals surface area contributed by atoms with Gasteiger partial charge in [-0.25, -0.2) is 4.79 Å². The fraction of sp³-hybridized carbons (Fsp3) is 0.696. The lowest BCUT2D eigenvalue weighted by molar-refractivity contribution is 0.0695. The van der Waals surface area contributed by atoms with Crippen LogP contribution in [-0.2, 0) is 12.8 Å². The Kier molecular flexibility index (Phi) is 12.1. The third-order valence-electron chi connectivity index (χ3n) is 5.08. The van der Waals surface area contributed by atoms with Gasteiger partial charge in [-0.3, -0.25) is 0 Å². The summed E-state index contributed by atoms with van der Waals surface area (Å²) in [7, 11) is 0. The average Bonchev–Trinajstić information content (AvgIpc) is 2.61. The Morgan fingerprint density at radius 2 is 1.28 bits per heavy atom. The molecule has 0 saturated heterocycles. The summed E-state index contributed by atoms with van der Waals surface area (Å²) in [4.78, 5) is 11.6. The highest BCUT2D eigenvalue weighted by Gasteiger charge is 2.13. The smallest absolute Gasteiger partial charge is 0.335 e. The third-order valence-corrected chi connectivity index (χ3v) is 5.08. The molecular weight excluding hydrogens is 308 g/mol. The maximum absolute atomic E-state index is 11.6. The van der Waals surface area contributed by atoms with Crippen molar-refractivity contribution < 1.29 is 9.90 Å². The van der Waals surface area contributed by atoms with E-state index in [9.17, 15) is 9.90 Å². The highest BCUT2D eigenvalue weighted by atomic mass is 16.4. The summed E-state index contributed by atoms with van der Waals surface area (Å²) < 4.78 is 0. The number of rotatable bonds is 15. The summed E-state index contributed by atoms with van der Waals surface area (Å²) >= 11 is 0. The number of hydrogen-bond donors (Lipinski definition) is 1. The van der Waals surface area contributed by atoms with Crippen LogP contribution in [-0.4, -0.2) is 11.1 Å². The molecule has 0 aromatic heterocycles. The third kappa shape index (κ3) is 9.09. The molecule has 0 spiro atoms. The molecular formula is C23H38O2. The molecule has 0 saturated carbocycles. The molecule has 142 valence electrons. The monoisotopic (exact) mass is 346 g/mol. The molecule has 0 atom stereocenters. The normalized spacial score (nSPS) is 11.0. The minimum atomic E-state index is -0.772. The molecule has 2 heteroatoms. The fourth-order valence-electron chi connectivity index (χ4n) is 3.54. The van der Waals surface area contributed by atoms with E-state index < -0.39 is 5.97 Å². The molecule has 1 rings (SSSR count). The van der Waals surface area contributed by atoms with Crippen LogP contribution in [0.15, 0.2) is 18.2 Å². The average molecular weight is 347 g/mol. The van der Waals surface area contributed by atoms with E-state index in [0.29, 0.717) is 5.56 Å². The SMILES string of the molecule is CCCCCCCCc1cccc(C(=O)O)c1CCCCCCCC. The van der Waals surface area contributed by atoms with Crippen molar-refractivity contribution in [1.82, 2.24) is 0 Å². The van der Waals surface area contributed by atoms with Crippen molar-refractivity contribution in [2.75, 3.05) is 0 Å². The van der Waals surface area contributed by atoms with Crippen LogP contribution in [0.25, 0.3) is 0 Å². The van der Waals surface area contributed by atoms with Gasteiger partial charge in [0.05, 0.1) is 5.56 Å². The summed E-state index contributed by atoms with van der Waals surface area (Å²) in [6.07, 6.45) is 17.1. The van der Waals surface area contributed by atoms with Gasteiger partial charge in [-0.05, 0) is 42.9 Å². The van der Waals surface area contributed by atoms with Crippen molar-refractivity contribution in [3.05, 3.63) is 34.9 Å². The Hall–Kier alpha value is -1.31. The molecule has 0 amide bonds. The number of aromatic carboxylic acids is 1. The first kappa shape index (κ1) is 21.7. The zero-order valence-electron chi connectivity index (χ0n) is 16.5. The lowest BCUT2D eigenvalue weighted by atomic mass is 9.92. The predicted molar refractivity (Wildman–Crippen MR) is 108 cm³/mol. The summed E-state index contributed by atoms with van der Waals surface area (Å²) in [6.45, 7) is 4.48. The van der Waals surface area contributed by atoms with E-state index in [-0.39, 0.29) is 0 Å². The minimum Gasteiger partial charge on any atom is -0.478 e. The van der Waals surface area contributed by atoms with Crippen LogP contribution < -0.4 is 0 Å². The zero-order chi connectivity index (χ0) is 18.3. The van der Waals surface area contributed by atoms with E-state index in [1.165, 1.54) is 76.2 Å². The van der Waals surface area contributed by atoms with Gasteiger partial charge in [0, 0.05) is 0 Å². The molecule has 25 heavy (non-hydrogen) atoms. The maximum atomic E-state index is 11.6. The van der Waals surface area contributed by atoms with Crippen LogP contribution in [0.4, 0.5) is 0 Å². The summed E-state index contributed by atoms with van der Waals surface area (Å²) in [5.41, 5.74) is 2.89. The lowest BCUT2D eigenvalue weighted by Gasteiger charge is -2.13. The van der Waals surface area contributed by atoms with E-state index in [1.54, 1.807) is 6.07 Å². The Morgan fingerprint density at radius 3 is 1.84 bits per heavy atom. The maximum Gasteiger partial charge on any atom is 0.335 e. The number of carboxylic acid groups (broad SMARTS) is 1.